The molecule has 67 heavy (non-hydrogen) atoms. The topological polar surface area (TPSA) is 6.48 Å². The first kappa shape index (κ1) is 34.9. The van der Waals surface area contributed by atoms with Gasteiger partial charge in [-0.3, -0.25) is 0 Å². The Bertz CT molecular complexity index is 3600. The first-order valence-corrected chi connectivity index (χ1v) is 24.2. The van der Waals surface area contributed by atoms with E-state index in [1.54, 1.807) is 0 Å². The molecule has 322 valence electrons. The Morgan fingerprint density at radius 1 is 0.388 bits per heavy atom. The zero-order chi connectivity index (χ0) is 47.9. The molecule has 0 aromatic heterocycles. The van der Waals surface area contributed by atoms with Crippen LogP contribution in [0.3, 0.4) is 0 Å². The molecular formula is C65H52N2. The van der Waals surface area contributed by atoms with Crippen molar-refractivity contribution in [2.24, 2.45) is 11.8 Å². The minimum atomic E-state index is -0.726. The van der Waals surface area contributed by atoms with Gasteiger partial charge < -0.3 is 9.80 Å². The smallest absolute Gasteiger partial charge is 0.0727 e. The fraction of sp³-hybridized carbons (Fsp3) is 0.169. The molecule has 0 aliphatic heterocycles. The van der Waals surface area contributed by atoms with Gasteiger partial charge in [-0.05, 0) is 182 Å². The second-order valence-electron chi connectivity index (χ2n) is 20.1. The van der Waals surface area contributed by atoms with Crippen molar-refractivity contribution in [3.05, 3.63) is 251 Å². The normalized spacial score (nSPS) is 21.3. The van der Waals surface area contributed by atoms with Crippen LogP contribution in [0.15, 0.2) is 212 Å². The fourth-order valence-corrected chi connectivity index (χ4v) is 13.4. The van der Waals surface area contributed by atoms with Crippen LogP contribution in [0, 0.1) is 11.8 Å². The molecule has 14 rings (SSSR count). The zero-order valence-corrected chi connectivity index (χ0v) is 37.9. The van der Waals surface area contributed by atoms with Gasteiger partial charge in [0.15, 0.2) is 0 Å². The van der Waals surface area contributed by atoms with Gasteiger partial charge in [-0.25, -0.2) is 0 Å². The Kier molecular flexibility index (Phi) is 7.57. The number of anilines is 6. The van der Waals surface area contributed by atoms with Gasteiger partial charge in [-0.15, -0.1) is 0 Å². The fourth-order valence-electron chi connectivity index (χ4n) is 13.4. The Labute approximate surface area is 400 Å². The van der Waals surface area contributed by atoms with E-state index >= 15 is 0 Å². The number of rotatable bonds is 7. The lowest BCUT2D eigenvalue weighted by Crippen LogP contribution is -2.26. The number of para-hydroxylation sites is 2. The third kappa shape index (κ3) is 5.56. The minimum Gasteiger partial charge on any atom is -0.310 e. The maximum absolute atomic E-state index is 10.0. The van der Waals surface area contributed by atoms with Crippen molar-refractivity contribution in [3.63, 3.8) is 0 Å². The van der Waals surface area contributed by atoms with Gasteiger partial charge in [-0.2, -0.15) is 0 Å². The number of hydrogen-bond donors (Lipinski definition) is 0. The van der Waals surface area contributed by atoms with E-state index in [1.807, 2.05) is 4.90 Å². The molecule has 2 nitrogen and oxygen atoms in total. The summed E-state index contributed by atoms with van der Waals surface area (Å²) >= 11 is 0. The van der Waals surface area contributed by atoms with Crippen LogP contribution in [0.5, 0.6) is 0 Å². The van der Waals surface area contributed by atoms with E-state index < -0.39 is 5.41 Å². The largest absolute Gasteiger partial charge is 0.310 e. The quantitative estimate of drug-likeness (QED) is 0.157. The van der Waals surface area contributed by atoms with Crippen LogP contribution in [0.4, 0.5) is 34.1 Å². The summed E-state index contributed by atoms with van der Waals surface area (Å²) in [5, 5.41) is 0. The molecule has 9 aromatic rings. The molecule has 0 heterocycles. The molecule has 4 unspecified atom stereocenters. The molecule has 5 aliphatic carbocycles. The molecule has 5 aliphatic rings. The minimum absolute atomic E-state index is 0.00781. The highest BCUT2D eigenvalue weighted by Gasteiger charge is 2.52. The van der Waals surface area contributed by atoms with Crippen molar-refractivity contribution < 1.29 is 5.48 Å². The van der Waals surface area contributed by atoms with E-state index in [0.29, 0.717) is 17.4 Å². The van der Waals surface area contributed by atoms with Crippen LogP contribution in [0.1, 0.15) is 89.9 Å². The van der Waals surface area contributed by atoms with Gasteiger partial charge in [0.1, 0.15) is 0 Å². The van der Waals surface area contributed by atoms with Gasteiger partial charge in [0.05, 0.1) is 10.9 Å². The average molecular weight is 865 g/mol. The summed E-state index contributed by atoms with van der Waals surface area (Å²) in [6.07, 6.45) is 4.36. The third-order valence-corrected chi connectivity index (χ3v) is 16.4. The van der Waals surface area contributed by atoms with E-state index in [-0.39, 0.29) is 41.2 Å². The molecular weight excluding hydrogens is 809 g/mol. The number of hydrogen-bond acceptors (Lipinski definition) is 2. The molecule has 0 amide bonds. The first-order chi connectivity index (χ1) is 34.6. The zero-order valence-electron chi connectivity index (χ0n) is 41.9. The molecule has 2 saturated carbocycles. The molecule has 4 atom stereocenters. The Morgan fingerprint density at radius 2 is 0.821 bits per heavy atom. The molecule has 9 aromatic carbocycles. The van der Waals surface area contributed by atoms with Gasteiger partial charge >= 0.3 is 0 Å². The van der Waals surface area contributed by atoms with Crippen LogP contribution < -0.4 is 9.80 Å². The molecule has 0 radical (unpaired) electrons. The van der Waals surface area contributed by atoms with Crippen LogP contribution in [0.25, 0.3) is 33.4 Å². The predicted molar refractivity (Wildman–Crippen MR) is 278 cm³/mol. The van der Waals surface area contributed by atoms with E-state index in [2.05, 4.69) is 207 Å². The van der Waals surface area contributed by atoms with E-state index in [1.165, 1.54) is 62.1 Å². The van der Waals surface area contributed by atoms with Crippen LogP contribution in [-0.2, 0) is 10.8 Å². The van der Waals surface area contributed by atoms with Gasteiger partial charge in [0.2, 0.25) is 0 Å². The van der Waals surface area contributed by atoms with E-state index in [0.717, 1.165) is 58.8 Å². The average Bonchev–Trinajstić information content (AvgIpc) is 4.22. The lowest BCUT2D eigenvalue weighted by atomic mass is 9.70. The van der Waals surface area contributed by atoms with Crippen molar-refractivity contribution >= 4 is 34.1 Å². The van der Waals surface area contributed by atoms with Crippen LogP contribution in [-0.4, -0.2) is 0 Å². The molecule has 1 spiro atoms. The lowest BCUT2D eigenvalue weighted by molar-refractivity contribution is 0.420. The molecule has 2 heteroatoms. The van der Waals surface area contributed by atoms with Crippen molar-refractivity contribution in [1.29, 1.82) is 0 Å². The number of fused-ring (bicyclic) bond motifs is 15. The first-order valence-electron chi connectivity index (χ1n) is 26.2. The third-order valence-electron chi connectivity index (χ3n) is 16.4. The highest BCUT2D eigenvalue weighted by molar-refractivity contribution is 5.98. The van der Waals surface area contributed by atoms with E-state index in [4.69, 9.17) is 0 Å². The molecule has 2 bridgehead atoms. The summed E-state index contributed by atoms with van der Waals surface area (Å²) in [6.45, 7) is 4.56. The Morgan fingerprint density at radius 3 is 1.33 bits per heavy atom. The summed E-state index contributed by atoms with van der Waals surface area (Å²) in [6, 6.07) is 68.0. The number of benzene rings is 9. The summed E-state index contributed by atoms with van der Waals surface area (Å²) < 4.78 is 39.6. The molecule has 2 fully saturated rings. The van der Waals surface area contributed by atoms with Crippen molar-refractivity contribution in [1.82, 2.24) is 0 Å². The summed E-state index contributed by atoms with van der Waals surface area (Å²) in [4.78, 5) is 4.39. The summed E-state index contributed by atoms with van der Waals surface area (Å²) in [5.74, 6) is 1.06. The maximum Gasteiger partial charge on any atom is 0.0727 e. The number of nitrogens with zero attached hydrogens (tertiary/aromatic N) is 2. The standard InChI is InChI=1S/C65H52N2/c1-64(2)58-22-12-9-19-51(58)54-34-31-48(39-61(54)64)67(47-29-27-43(28-30-47)57-38-42-25-26-44(57)37-42)50-33-36-56-53-21-11-14-24-60(53)65(63(56)41-50)59-23-13-10-20-52(59)55-35-32-49(40-62(55)65)66(45-15-5-3-6-16-45)46-17-7-4-8-18-46/h3-24,27-36,39-42,44,57H,25-26,37-38H2,1-2H3/i27D,28D,29D,30D. The van der Waals surface area contributed by atoms with Gasteiger partial charge in [0.25, 0.3) is 0 Å². The molecule has 0 N–H and O–H groups in total. The predicted octanol–water partition coefficient (Wildman–Crippen LogP) is 17.2. The lowest BCUT2D eigenvalue weighted by Gasteiger charge is -2.33. The Balaban J connectivity index is 1.02. The highest BCUT2D eigenvalue weighted by Crippen LogP contribution is 2.64. The summed E-state index contributed by atoms with van der Waals surface area (Å²) in [7, 11) is 0. The SMILES string of the molecule is [2H]c1c([2H])c(N(c2ccc3c(c2)C(C)(C)c2ccccc2-3)c2ccc3c(c2)C2(c4ccccc4-c4ccc(N(c5ccccc5)c5ccccc5)cc42)c2ccccc2-3)c([2H])c([2H])c1C1CC2CCC1C2. The highest BCUT2D eigenvalue weighted by atomic mass is 15.1. The second-order valence-corrected chi connectivity index (χ2v) is 20.1. The van der Waals surface area contributed by atoms with Gasteiger partial charge in [0, 0.05) is 39.5 Å². The van der Waals surface area contributed by atoms with Gasteiger partial charge in [-0.1, -0.05) is 160 Å². The maximum atomic E-state index is 10.0. The van der Waals surface area contributed by atoms with Crippen molar-refractivity contribution in [2.75, 3.05) is 9.80 Å². The summed E-state index contributed by atoms with van der Waals surface area (Å²) in [5.41, 5.74) is 18.9. The monoisotopic (exact) mass is 864 g/mol. The Hall–Kier alpha value is -7.42. The second kappa shape index (κ2) is 14.5. The van der Waals surface area contributed by atoms with Crippen LogP contribution in [0.2, 0.25) is 0 Å². The van der Waals surface area contributed by atoms with Crippen molar-refractivity contribution in [3.8, 4) is 33.4 Å². The van der Waals surface area contributed by atoms with Crippen molar-refractivity contribution in [2.45, 2.75) is 56.3 Å². The van der Waals surface area contributed by atoms with Crippen LogP contribution >= 0.6 is 0 Å². The van der Waals surface area contributed by atoms with E-state index in [9.17, 15) is 5.48 Å². The molecule has 0 saturated heterocycles.